The van der Waals surface area contributed by atoms with Crippen molar-refractivity contribution in [1.82, 2.24) is 9.46 Å². The van der Waals surface area contributed by atoms with Gasteiger partial charge in [-0.15, -0.1) is 0 Å². The van der Waals surface area contributed by atoms with Crippen molar-refractivity contribution >= 4 is 33.2 Å². The summed E-state index contributed by atoms with van der Waals surface area (Å²) in [4.78, 5) is 12.9. The number of carbonyl (C=O) groups is 1. The number of halogens is 1. The van der Waals surface area contributed by atoms with Gasteiger partial charge in [-0.1, -0.05) is 60.9 Å². The molecular weight excluding hydrogens is 426 g/mol. The third kappa shape index (κ3) is 4.26. The molecule has 0 saturated heterocycles. The first kappa shape index (κ1) is 22.0. The van der Waals surface area contributed by atoms with Crippen LogP contribution in [-0.4, -0.2) is 36.9 Å². The van der Waals surface area contributed by atoms with E-state index >= 15 is 0 Å². The molecule has 30 heavy (non-hydrogen) atoms. The summed E-state index contributed by atoms with van der Waals surface area (Å²) in [5, 5.41) is 6.82. The van der Waals surface area contributed by atoms with Gasteiger partial charge >= 0.3 is 0 Å². The Morgan fingerprint density at radius 2 is 1.80 bits per heavy atom. The zero-order valence-electron chi connectivity index (χ0n) is 16.8. The number of nitrogens with zero attached hydrogens (tertiary/aromatic N) is 2. The van der Waals surface area contributed by atoms with Gasteiger partial charge in [-0.2, -0.15) is 4.31 Å². The van der Waals surface area contributed by atoms with Gasteiger partial charge in [-0.3, -0.25) is 4.79 Å². The third-order valence-electron chi connectivity index (χ3n) is 4.65. The molecule has 9 heteroatoms. The maximum absolute atomic E-state index is 13.0. The van der Waals surface area contributed by atoms with Gasteiger partial charge in [0.15, 0.2) is 0 Å². The Kier molecular flexibility index (Phi) is 6.60. The summed E-state index contributed by atoms with van der Waals surface area (Å²) in [5.41, 5.74) is 1.73. The summed E-state index contributed by atoms with van der Waals surface area (Å²) < 4.78 is 32.3. The minimum atomic E-state index is -3.78. The van der Waals surface area contributed by atoms with Crippen LogP contribution in [0.15, 0.2) is 57.9 Å². The van der Waals surface area contributed by atoms with E-state index < -0.39 is 15.9 Å². The molecule has 3 rings (SSSR count). The number of hydrogen-bond acceptors (Lipinski definition) is 5. The quantitative estimate of drug-likeness (QED) is 0.572. The lowest BCUT2D eigenvalue weighted by atomic mass is 10.1. The maximum Gasteiger partial charge on any atom is 0.261 e. The molecule has 0 aliphatic carbocycles. The average Bonchev–Trinajstić information content (AvgIpc) is 3.12. The second-order valence-electron chi connectivity index (χ2n) is 6.52. The fourth-order valence-electron chi connectivity index (χ4n) is 3.11. The highest BCUT2D eigenvalue weighted by atomic mass is 35.5. The fraction of sp³-hybridized carbons (Fsp3) is 0.238. The topological polar surface area (TPSA) is 92.5 Å². The summed E-state index contributed by atoms with van der Waals surface area (Å²) in [7, 11) is -3.78. The molecule has 0 bridgehead atoms. The van der Waals surface area contributed by atoms with Gasteiger partial charge in [0, 0.05) is 24.3 Å². The molecule has 0 aliphatic rings. The smallest absolute Gasteiger partial charge is 0.261 e. The van der Waals surface area contributed by atoms with Gasteiger partial charge in [0.05, 0.1) is 5.02 Å². The Bertz CT molecular complexity index is 1160. The first-order valence-corrected chi connectivity index (χ1v) is 11.2. The molecule has 0 unspecified atom stereocenters. The number of hydrogen-bond donors (Lipinski definition) is 1. The lowest BCUT2D eigenvalue weighted by molar-refractivity contribution is 0.102. The average molecular weight is 448 g/mol. The van der Waals surface area contributed by atoms with Crippen molar-refractivity contribution in [3.63, 3.8) is 0 Å². The molecule has 158 valence electrons. The summed E-state index contributed by atoms with van der Waals surface area (Å²) in [6, 6.07) is 13.5. The van der Waals surface area contributed by atoms with Gasteiger partial charge in [-0.25, -0.2) is 8.42 Å². The van der Waals surface area contributed by atoms with Crippen LogP contribution >= 0.6 is 11.6 Å². The number of anilines is 1. The second kappa shape index (κ2) is 8.99. The number of benzene rings is 2. The molecule has 7 nitrogen and oxygen atoms in total. The van der Waals surface area contributed by atoms with Gasteiger partial charge < -0.3 is 9.84 Å². The zero-order chi connectivity index (χ0) is 21.9. The van der Waals surface area contributed by atoms with Crippen LogP contribution in [0.25, 0.3) is 11.3 Å². The highest BCUT2D eigenvalue weighted by Gasteiger charge is 2.26. The van der Waals surface area contributed by atoms with Crippen LogP contribution in [0.4, 0.5) is 5.69 Å². The number of rotatable bonds is 7. The van der Waals surface area contributed by atoms with E-state index in [4.69, 9.17) is 16.1 Å². The largest absolute Gasteiger partial charge is 0.360 e. The Morgan fingerprint density at radius 3 is 2.43 bits per heavy atom. The van der Waals surface area contributed by atoms with Crippen molar-refractivity contribution < 1.29 is 17.7 Å². The van der Waals surface area contributed by atoms with E-state index in [1.807, 2.05) is 30.3 Å². The molecule has 0 aliphatic heterocycles. The molecule has 1 aromatic heterocycles. The molecule has 0 saturated carbocycles. The van der Waals surface area contributed by atoms with Crippen LogP contribution in [0.3, 0.4) is 0 Å². The van der Waals surface area contributed by atoms with E-state index in [1.165, 1.54) is 16.4 Å². The van der Waals surface area contributed by atoms with E-state index in [0.29, 0.717) is 30.2 Å². The SMILES string of the molecule is CCN(CC)S(=O)(=O)c1cc(NC(=O)c2c(-c3ccccc3)noc2C)ccc1Cl. The Labute approximate surface area is 180 Å². The Balaban J connectivity index is 1.96. The summed E-state index contributed by atoms with van der Waals surface area (Å²) >= 11 is 6.16. The van der Waals surface area contributed by atoms with Gasteiger partial charge in [0.2, 0.25) is 10.0 Å². The summed E-state index contributed by atoms with van der Waals surface area (Å²) in [6.07, 6.45) is 0. The molecular formula is C21H22ClN3O4S. The minimum absolute atomic E-state index is 0.0593. The number of nitrogens with one attached hydrogen (secondary N) is 1. The number of amides is 1. The van der Waals surface area contributed by atoms with E-state index in [2.05, 4.69) is 10.5 Å². The van der Waals surface area contributed by atoms with E-state index in [1.54, 1.807) is 26.8 Å². The van der Waals surface area contributed by atoms with Crippen LogP contribution in [-0.2, 0) is 10.0 Å². The number of carbonyl (C=O) groups excluding carboxylic acids is 1. The normalized spacial score (nSPS) is 11.6. The first-order chi connectivity index (χ1) is 14.3. The predicted molar refractivity (Wildman–Crippen MR) is 116 cm³/mol. The van der Waals surface area contributed by atoms with Crippen molar-refractivity contribution in [2.24, 2.45) is 0 Å². The zero-order valence-corrected chi connectivity index (χ0v) is 18.4. The summed E-state index contributed by atoms with van der Waals surface area (Å²) in [6.45, 7) is 5.77. The highest BCUT2D eigenvalue weighted by molar-refractivity contribution is 7.89. The van der Waals surface area contributed by atoms with Crippen LogP contribution in [0.5, 0.6) is 0 Å². The van der Waals surface area contributed by atoms with Crippen molar-refractivity contribution in [3.8, 4) is 11.3 Å². The second-order valence-corrected chi connectivity index (χ2v) is 8.83. The first-order valence-electron chi connectivity index (χ1n) is 9.42. The summed E-state index contributed by atoms with van der Waals surface area (Å²) in [5.74, 6) is -0.0996. The fourth-order valence-corrected chi connectivity index (χ4v) is 5.07. The van der Waals surface area contributed by atoms with Crippen LogP contribution in [0.2, 0.25) is 5.02 Å². The molecule has 1 amide bonds. The Hall–Kier alpha value is -2.68. The molecule has 2 aromatic carbocycles. The van der Waals surface area contributed by atoms with Crippen molar-refractivity contribution in [2.45, 2.75) is 25.7 Å². The number of aryl methyl sites for hydroxylation is 1. The molecule has 1 heterocycles. The molecule has 1 N–H and O–H groups in total. The lowest BCUT2D eigenvalue weighted by Gasteiger charge is -2.19. The predicted octanol–water partition coefficient (Wildman–Crippen LogP) is 4.59. The number of sulfonamides is 1. The maximum atomic E-state index is 13.0. The van der Waals surface area contributed by atoms with Crippen LogP contribution < -0.4 is 5.32 Å². The number of aromatic nitrogens is 1. The van der Waals surface area contributed by atoms with E-state index in [-0.39, 0.29) is 15.5 Å². The molecule has 3 aromatic rings. The lowest BCUT2D eigenvalue weighted by Crippen LogP contribution is -2.30. The van der Waals surface area contributed by atoms with Gasteiger partial charge in [-0.05, 0) is 25.1 Å². The van der Waals surface area contributed by atoms with E-state index in [0.717, 1.165) is 5.56 Å². The van der Waals surface area contributed by atoms with Crippen molar-refractivity contribution in [3.05, 3.63) is 64.9 Å². The molecule has 0 fully saturated rings. The third-order valence-corrected chi connectivity index (χ3v) is 7.18. The van der Waals surface area contributed by atoms with E-state index in [9.17, 15) is 13.2 Å². The monoisotopic (exact) mass is 447 g/mol. The van der Waals surface area contributed by atoms with Crippen LogP contribution in [0.1, 0.15) is 30.0 Å². The Morgan fingerprint density at radius 1 is 1.13 bits per heavy atom. The minimum Gasteiger partial charge on any atom is -0.360 e. The van der Waals surface area contributed by atoms with Crippen molar-refractivity contribution in [2.75, 3.05) is 18.4 Å². The molecule has 0 radical (unpaired) electrons. The van der Waals surface area contributed by atoms with Gasteiger partial charge in [0.25, 0.3) is 5.91 Å². The van der Waals surface area contributed by atoms with Gasteiger partial charge in [0.1, 0.15) is 21.9 Å². The van der Waals surface area contributed by atoms with Crippen molar-refractivity contribution in [1.29, 1.82) is 0 Å². The standard InChI is InChI=1S/C21H22ClN3O4S/c1-4-25(5-2)30(27,28)18-13-16(11-12-17(18)22)23-21(26)19-14(3)29-24-20(19)15-9-7-6-8-10-15/h6-13H,4-5H2,1-3H3,(H,23,26). The highest BCUT2D eigenvalue weighted by Crippen LogP contribution is 2.29. The molecule has 0 spiro atoms. The van der Waals surface area contributed by atoms with Crippen LogP contribution in [0, 0.1) is 6.92 Å². The molecule has 0 atom stereocenters.